The molecule has 0 radical (unpaired) electrons. The van der Waals surface area contributed by atoms with Crippen LogP contribution >= 0.6 is 11.3 Å². The molecule has 1 aromatic rings. The monoisotopic (exact) mass is 212 g/mol. The van der Waals surface area contributed by atoms with Crippen molar-refractivity contribution in [3.05, 3.63) is 16.1 Å². The molecule has 78 valence electrons. The molecule has 1 aromatic heterocycles. The van der Waals surface area contributed by atoms with Crippen molar-refractivity contribution in [2.45, 2.75) is 25.8 Å². The van der Waals surface area contributed by atoms with Crippen molar-refractivity contribution in [1.82, 2.24) is 10.3 Å². The molecule has 1 saturated heterocycles. The lowest BCUT2D eigenvalue weighted by molar-refractivity contribution is 0.190. The van der Waals surface area contributed by atoms with Gasteiger partial charge in [-0.05, 0) is 19.8 Å². The fraction of sp³-hybridized carbons (Fsp3) is 0.700. The van der Waals surface area contributed by atoms with Gasteiger partial charge in [-0.3, -0.25) is 0 Å². The molecule has 2 heterocycles. The smallest absolute Gasteiger partial charge is 0.0797 e. The zero-order valence-electron chi connectivity index (χ0n) is 8.45. The number of aryl methyl sites for hydroxylation is 1. The van der Waals surface area contributed by atoms with E-state index in [1.807, 2.05) is 5.51 Å². The van der Waals surface area contributed by atoms with Crippen LogP contribution in [0.2, 0.25) is 0 Å². The molecule has 0 amide bonds. The topological polar surface area (TPSA) is 34.2 Å². The molecular formula is C10H16N2OS. The summed E-state index contributed by atoms with van der Waals surface area (Å²) in [5.41, 5.74) is 3.10. The fourth-order valence-corrected chi connectivity index (χ4v) is 2.43. The van der Waals surface area contributed by atoms with Crippen molar-refractivity contribution in [3.63, 3.8) is 0 Å². The lowest BCUT2D eigenvalue weighted by Crippen LogP contribution is -2.30. The third-order valence-corrected chi connectivity index (χ3v) is 3.55. The van der Waals surface area contributed by atoms with Crippen molar-refractivity contribution >= 4 is 11.3 Å². The fourth-order valence-electron chi connectivity index (χ4n) is 1.65. The molecule has 14 heavy (non-hydrogen) atoms. The Morgan fingerprint density at radius 2 is 2.64 bits per heavy atom. The van der Waals surface area contributed by atoms with Gasteiger partial charge in [0.2, 0.25) is 0 Å². The Balaban J connectivity index is 1.70. The molecule has 0 spiro atoms. The average molecular weight is 212 g/mol. The first kappa shape index (κ1) is 10.1. The second kappa shape index (κ2) is 4.87. The van der Waals surface area contributed by atoms with E-state index >= 15 is 0 Å². The zero-order valence-corrected chi connectivity index (χ0v) is 9.27. The molecule has 1 fully saturated rings. The molecule has 2 rings (SSSR count). The number of ether oxygens (including phenoxy) is 1. The summed E-state index contributed by atoms with van der Waals surface area (Å²) in [6.07, 6.45) is 2.24. The van der Waals surface area contributed by atoms with Crippen LogP contribution in [0.3, 0.4) is 0 Å². The van der Waals surface area contributed by atoms with Gasteiger partial charge in [0.15, 0.2) is 0 Å². The molecule has 1 N–H and O–H groups in total. The summed E-state index contributed by atoms with van der Waals surface area (Å²) >= 11 is 1.75. The first-order valence-electron chi connectivity index (χ1n) is 5.06. The maximum absolute atomic E-state index is 5.30. The van der Waals surface area contributed by atoms with Gasteiger partial charge in [-0.1, -0.05) is 0 Å². The van der Waals surface area contributed by atoms with E-state index in [1.54, 1.807) is 11.3 Å². The quantitative estimate of drug-likeness (QED) is 0.818. The van der Waals surface area contributed by atoms with Crippen LogP contribution < -0.4 is 5.32 Å². The molecule has 4 heteroatoms. The molecule has 3 nitrogen and oxygen atoms in total. The number of thiazole rings is 1. The van der Waals surface area contributed by atoms with E-state index in [2.05, 4.69) is 17.2 Å². The van der Waals surface area contributed by atoms with Crippen molar-refractivity contribution in [2.24, 2.45) is 0 Å². The molecule has 0 aromatic carbocycles. The maximum atomic E-state index is 5.30. The lowest BCUT2D eigenvalue weighted by atomic mass is 10.2. The van der Waals surface area contributed by atoms with Gasteiger partial charge in [-0.25, -0.2) is 4.98 Å². The van der Waals surface area contributed by atoms with Crippen molar-refractivity contribution in [3.8, 4) is 0 Å². The summed E-state index contributed by atoms with van der Waals surface area (Å²) in [7, 11) is 0. The minimum Gasteiger partial charge on any atom is -0.380 e. The molecular weight excluding hydrogens is 196 g/mol. The summed E-state index contributed by atoms with van der Waals surface area (Å²) < 4.78 is 5.30. The second-order valence-electron chi connectivity index (χ2n) is 3.63. The van der Waals surface area contributed by atoms with Gasteiger partial charge in [-0.2, -0.15) is 0 Å². The molecule has 1 unspecified atom stereocenters. The van der Waals surface area contributed by atoms with Gasteiger partial charge in [0.05, 0.1) is 17.8 Å². The van der Waals surface area contributed by atoms with Gasteiger partial charge < -0.3 is 10.1 Å². The van der Waals surface area contributed by atoms with Crippen molar-refractivity contribution in [1.29, 1.82) is 0 Å². The Hall–Kier alpha value is -0.450. The summed E-state index contributed by atoms with van der Waals surface area (Å²) in [5.74, 6) is 0. The number of nitrogens with zero attached hydrogens (tertiary/aromatic N) is 1. The van der Waals surface area contributed by atoms with Crippen LogP contribution in [0.1, 0.15) is 17.0 Å². The third kappa shape index (κ3) is 2.53. The molecule has 1 aliphatic rings. The summed E-state index contributed by atoms with van der Waals surface area (Å²) in [6, 6.07) is 0.572. The highest BCUT2D eigenvalue weighted by atomic mass is 32.1. The Morgan fingerprint density at radius 3 is 3.29 bits per heavy atom. The number of hydrogen-bond donors (Lipinski definition) is 1. The van der Waals surface area contributed by atoms with Crippen LogP contribution in [0.25, 0.3) is 0 Å². The number of nitrogens with one attached hydrogen (secondary N) is 1. The van der Waals surface area contributed by atoms with E-state index < -0.39 is 0 Å². The van der Waals surface area contributed by atoms with Gasteiger partial charge in [0, 0.05) is 24.1 Å². The highest BCUT2D eigenvalue weighted by Crippen LogP contribution is 2.12. The SMILES string of the molecule is Cc1ncsc1CCNC1CCOC1. The van der Waals surface area contributed by atoms with Gasteiger partial charge in [0.1, 0.15) is 0 Å². The minimum absolute atomic E-state index is 0.572. The normalized spacial score (nSPS) is 21.6. The largest absolute Gasteiger partial charge is 0.380 e. The van der Waals surface area contributed by atoms with E-state index in [9.17, 15) is 0 Å². The standard InChI is InChI=1S/C10H16N2OS/c1-8-10(14-7-12-8)2-4-11-9-3-5-13-6-9/h7,9,11H,2-6H2,1H3. The first-order chi connectivity index (χ1) is 6.86. The second-order valence-corrected chi connectivity index (χ2v) is 4.56. The predicted molar refractivity (Wildman–Crippen MR) is 57.8 cm³/mol. The summed E-state index contributed by atoms with van der Waals surface area (Å²) in [4.78, 5) is 5.63. The number of aromatic nitrogens is 1. The van der Waals surface area contributed by atoms with Crippen LogP contribution in [-0.2, 0) is 11.2 Å². The van der Waals surface area contributed by atoms with E-state index in [0.29, 0.717) is 6.04 Å². The number of hydrogen-bond acceptors (Lipinski definition) is 4. The lowest BCUT2D eigenvalue weighted by Gasteiger charge is -2.09. The van der Waals surface area contributed by atoms with E-state index in [0.717, 1.165) is 32.6 Å². The maximum Gasteiger partial charge on any atom is 0.0797 e. The number of rotatable bonds is 4. The van der Waals surface area contributed by atoms with Crippen LogP contribution in [0.5, 0.6) is 0 Å². The van der Waals surface area contributed by atoms with E-state index in [-0.39, 0.29) is 0 Å². The third-order valence-electron chi connectivity index (χ3n) is 2.56. The highest BCUT2D eigenvalue weighted by Gasteiger charge is 2.14. The zero-order chi connectivity index (χ0) is 9.80. The van der Waals surface area contributed by atoms with Crippen molar-refractivity contribution < 1.29 is 4.74 Å². The van der Waals surface area contributed by atoms with E-state index in [1.165, 1.54) is 10.6 Å². The Labute approximate surface area is 88.5 Å². The van der Waals surface area contributed by atoms with Crippen LogP contribution in [0.4, 0.5) is 0 Å². The molecule has 1 aliphatic heterocycles. The Bertz CT molecular complexity index is 281. The summed E-state index contributed by atoms with van der Waals surface area (Å²) in [5, 5.41) is 3.50. The predicted octanol–water partition coefficient (Wildman–Crippen LogP) is 1.37. The average Bonchev–Trinajstić information content (AvgIpc) is 2.78. The van der Waals surface area contributed by atoms with Crippen LogP contribution in [0, 0.1) is 6.92 Å². The molecule has 0 saturated carbocycles. The van der Waals surface area contributed by atoms with Crippen LogP contribution in [-0.4, -0.2) is 30.8 Å². The van der Waals surface area contributed by atoms with Gasteiger partial charge >= 0.3 is 0 Å². The molecule has 0 aliphatic carbocycles. The van der Waals surface area contributed by atoms with E-state index in [4.69, 9.17) is 4.74 Å². The summed E-state index contributed by atoms with van der Waals surface area (Å²) in [6.45, 7) is 4.90. The first-order valence-corrected chi connectivity index (χ1v) is 5.94. The Kier molecular flexibility index (Phi) is 3.50. The van der Waals surface area contributed by atoms with Gasteiger partial charge in [0.25, 0.3) is 0 Å². The van der Waals surface area contributed by atoms with Crippen molar-refractivity contribution in [2.75, 3.05) is 19.8 Å². The van der Waals surface area contributed by atoms with Gasteiger partial charge in [-0.15, -0.1) is 11.3 Å². The minimum atomic E-state index is 0.572. The Morgan fingerprint density at radius 1 is 1.71 bits per heavy atom. The van der Waals surface area contributed by atoms with Crippen LogP contribution in [0.15, 0.2) is 5.51 Å². The molecule has 0 bridgehead atoms. The molecule has 1 atom stereocenters. The highest BCUT2D eigenvalue weighted by molar-refractivity contribution is 7.09.